The Morgan fingerprint density at radius 1 is 1.41 bits per heavy atom. The lowest BCUT2D eigenvalue weighted by Crippen LogP contribution is -2.32. The molecule has 0 unspecified atom stereocenters. The van der Waals surface area contributed by atoms with Gasteiger partial charge in [0.05, 0.1) is 6.61 Å². The molecule has 1 heterocycles. The van der Waals surface area contributed by atoms with Crippen molar-refractivity contribution in [3.05, 3.63) is 35.9 Å². The van der Waals surface area contributed by atoms with E-state index < -0.39 is 0 Å². The van der Waals surface area contributed by atoms with E-state index in [1.807, 2.05) is 13.0 Å². The normalized spacial score (nSPS) is 23.6. The molecule has 1 saturated heterocycles. The van der Waals surface area contributed by atoms with Gasteiger partial charge in [-0.3, -0.25) is 4.79 Å². The van der Waals surface area contributed by atoms with Crippen molar-refractivity contribution in [1.29, 1.82) is 0 Å². The van der Waals surface area contributed by atoms with Crippen LogP contribution in [0.1, 0.15) is 18.9 Å². The van der Waals surface area contributed by atoms with Crippen LogP contribution in [0.15, 0.2) is 30.3 Å². The van der Waals surface area contributed by atoms with E-state index >= 15 is 0 Å². The predicted molar refractivity (Wildman–Crippen MR) is 66.7 cm³/mol. The average molecular weight is 233 g/mol. The van der Waals surface area contributed by atoms with E-state index in [0.717, 1.165) is 19.4 Å². The van der Waals surface area contributed by atoms with Crippen LogP contribution >= 0.6 is 0 Å². The molecule has 0 aromatic heterocycles. The molecule has 1 fully saturated rings. The van der Waals surface area contributed by atoms with Gasteiger partial charge in [0.2, 0.25) is 0 Å². The summed E-state index contributed by atoms with van der Waals surface area (Å²) in [5.74, 6) is 0.426. The van der Waals surface area contributed by atoms with Gasteiger partial charge in [-0.1, -0.05) is 30.3 Å². The number of ether oxygens (including phenoxy) is 1. The fraction of sp³-hybridized carbons (Fsp3) is 0.500. The molecule has 17 heavy (non-hydrogen) atoms. The maximum absolute atomic E-state index is 11.6. The largest absolute Gasteiger partial charge is 0.465 e. The topological polar surface area (TPSA) is 38.3 Å². The van der Waals surface area contributed by atoms with E-state index in [1.165, 1.54) is 5.56 Å². The Hall–Kier alpha value is -1.35. The van der Waals surface area contributed by atoms with Gasteiger partial charge in [0.25, 0.3) is 0 Å². The molecule has 0 aliphatic carbocycles. The molecule has 2 rings (SSSR count). The predicted octanol–water partition coefficient (Wildman–Crippen LogP) is 1.77. The van der Waals surface area contributed by atoms with Gasteiger partial charge in [-0.15, -0.1) is 0 Å². The average Bonchev–Trinajstić information content (AvgIpc) is 2.79. The monoisotopic (exact) mass is 233 g/mol. The fourth-order valence-electron chi connectivity index (χ4n) is 2.33. The highest BCUT2D eigenvalue weighted by Crippen LogP contribution is 2.19. The molecule has 92 valence electrons. The summed E-state index contributed by atoms with van der Waals surface area (Å²) in [4.78, 5) is 11.6. The summed E-state index contributed by atoms with van der Waals surface area (Å²) in [6.07, 6.45) is 1.91. The van der Waals surface area contributed by atoms with Crippen molar-refractivity contribution in [3.8, 4) is 0 Å². The molecule has 3 nitrogen and oxygen atoms in total. The molecule has 0 radical (unpaired) electrons. The SMILES string of the molecule is CCOC(=O)[C@@H]1C[C@@H](Cc2ccccc2)CN1. The van der Waals surface area contributed by atoms with Gasteiger partial charge in [0.15, 0.2) is 0 Å². The second-order valence-electron chi connectivity index (χ2n) is 4.50. The second kappa shape index (κ2) is 5.82. The summed E-state index contributed by atoms with van der Waals surface area (Å²) < 4.78 is 5.02. The van der Waals surface area contributed by atoms with Crippen LogP contribution in [-0.4, -0.2) is 25.2 Å². The van der Waals surface area contributed by atoms with Crippen LogP contribution in [0, 0.1) is 5.92 Å². The summed E-state index contributed by atoms with van der Waals surface area (Å²) in [5.41, 5.74) is 1.34. The lowest BCUT2D eigenvalue weighted by Gasteiger charge is -2.09. The molecule has 1 aliphatic rings. The highest BCUT2D eigenvalue weighted by Gasteiger charge is 2.30. The highest BCUT2D eigenvalue weighted by molar-refractivity contribution is 5.76. The number of rotatable bonds is 4. The van der Waals surface area contributed by atoms with Crippen molar-refractivity contribution in [1.82, 2.24) is 5.32 Å². The maximum atomic E-state index is 11.6. The van der Waals surface area contributed by atoms with Gasteiger partial charge in [-0.25, -0.2) is 0 Å². The van der Waals surface area contributed by atoms with Crippen LogP contribution in [-0.2, 0) is 16.0 Å². The van der Waals surface area contributed by atoms with Gasteiger partial charge in [0, 0.05) is 0 Å². The molecular formula is C14H19NO2. The number of carbonyl (C=O) groups excluding carboxylic acids is 1. The Morgan fingerprint density at radius 3 is 2.88 bits per heavy atom. The van der Waals surface area contributed by atoms with E-state index in [9.17, 15) is 4.79 Å². The third-order valence-corrected chi connectivity index (χ3v) is 3.16. The minimum atomic E-state index is -0.108. The Bertz CT molecular complexity index is 364. The van der Waals surface area contributed by atoms with Crippen molar-refractivity contribution in [2.45, 2.75) is 25.8 Å². The zero-order chi connectivity index (χ0) is 12.1. The van der Waals surface area contributed by atoms with Crippen LogP contribution < -0.4 is 5.32 Å². The van der Waals surface area contributed by atoms with Gasteiger partial charge in [-0.2, -0.15) is 0 Å². The first kappa shape index (κ1) is 12.1. The van der Waals surface area contributed by atoms with Gasteiger partial charge >= 0.3 is 5.97 Å². The van der Waals surface area contributed by atoms with E-state index in [0.29, 0.717) is 12.5 Å². The molecule has 0 amide bonds. The van der Waals surface area contributed by atoms with Crippen LogP contribution in [0.2, 0.25) is 0 Å². The maximum Gasteiger partial charge on any atom is 0.323 e. The molecule has 1 N–H and O–H groups in total. The zero-order valence-electron chi connectivity index (χ0n) is 10.2. The summed E-state index contributed by atoms with van der Waals surface area (Å²) in [6.45, 7) is 3.20. The van der Waals surface area contributed by atoms with E-state index in [4.69, 9.17) is 4.74 Å². The van der Waals surface area contributed by atoms with Gasteiger partial charge in [0.1, 0.15) is 6.04 Å². The van der Waals surface area contributed by atoms with Crippen molar-refractivity contribution < 1.29 is 9.53 Å². The van der Waals surface area contributed by atoms with Crippen LogP contribution in [0.4, 0.5) is 0 Å². The highest BCUT2D eigenvalue weighted by atomic mass is 16.5. The Labute approximate surface area is 102 Å². The zero-order valence-corrected chi connectivity index (χ0v) is 10.2. The molecule has 1 aromatic rings. The third-order valence-electron chi connectivity index (χ3n) is 3.16. The van der Waals surface area contributed by atoms with Crippen molar-refractivity contribution in [3.63, 3.8) is 0 Å². The number of benzene rings is 1. The van der Waals surface area contributed by atoms with Gasteiger partial charge in [-0.05, 0) is 37.8 Å². The van der Waals surface area contributed by atoms with Gasteiger partial charge < -0.3 is 10.1 Å². The van der Waals surface area contributed by atoms with E-state index in [1.54, 1.807) is 0 Å². The summed E-state index contributed by atoms with van der Waals surface area (Å²) in [6, 6.07) is 10.3. The molecule has 0 saturated carbocycles. The Kier molecular flexibility index (Phi) is 4.15. The van der Waals surface area contributed by atoms with Crippen molar-refractivity contribution >= 4 is 5.97 Å². The van der Waals surface area contributed by atoms with Crippen LogP contribution in [0.25, 0.3) is 0 Å². The summed E-state index contributed by atoms with van der Waals surface area (Å²) >= 11 is 0. The molecule has 0 spiro atoms. The standard InChI is InChI=1S/C14H19NO2/c1-2-17-14(16)13-9-12(10-15-13)8-11-6-4-3-5-7-11/h3-7,12-13,15H,2,8-10H2,1H3/t12-,13+/m1/s1. The summed E-state index contributed by atoms with van der Waals surface area (Å²) in [7, 11) is 0. The van der Waals surface area contributed by atoms with E-state index in [2.05, 4.69) is 29.6 Å². The third kappa shape index (κ3) is 3.30. The first-order valence-corrected chi connectivity index (χ1v) is 6.23. The molecule has 2 atom stereocenters. The molecule has 3 heteroatoms. The lowest BCUT2D eigenvalue weighted by molar-refractivity contribution is -0.145. The fourth-order valence-corrected chi connectivity index (χ4v) is 2.33. The first-order valence-electron chi connectivity index (χ1n) is 6.23. The minimum absolute atomic E-state index is 0.108. The number of hydrogen-bond acceptors (Lipinski definition) is 3. The van der Waals surface area contributed by atoms with Crippen molar-refractivity contribution in [2.75, 3.05) is 13.2 Å². The number of hydrogen-bond donors (Lipinski definition) is 1. The summed E-state index contributed by atoms with van der Waals surface area (Å²) in [5, 5.41) is 3.24. The van der Waals surface area contributed by atoms with Crippen LogP contribution in [0.5, 0.6) is 0 Å². The number of esters is 1. The Balaban J connectivity index is 1.84. The Morgan fingerprint density at radius 2 is 2.18 bits per heavy atom. The molecule has 0 bridgehead atoms. The molecular weight excluding hydrogens is 214 g/mol. The molecule has 1 aromatic carbocycles. The molecule has 1 aliphatic heterocycles. The quantitative estimate of drug-likeness (QED) is 0.805. The smallest absolute Gasteiger partial charge is 0.323 e. The number of carbonyl (C=O) groups is 1. The first-order chi connectivity index (χ1) is 8.29. The lowest BCUT2D eigenvalue weighted by atomic mass is 9.97. The minimum Gasteiger partial charge on any atom is -0.465 e. The van der Waals surface area contributed by atoms with Crippen molar-refractivity contribution in [2.24, 2.45) is 5.92 Å². The van der Waals surface area contributed by atoms with E-state index in [-0.39, 0.29) is 12.0 Å². The number of nitrogens with one attached hydrogen (secondary N) is 1. The second-order valence-corrected chi connectivity index (χ2v) is 4.50. The van der Waals surface area contributed by atoms with Crippen LogP contribution in [0.3, 0.4) is 0 Å².